The zero-order chi connectivity index (χ0) is 16.2. The lowest BCUT2D eigenvalue weighted by Gasteiger charge is -2.21. The normalized spacial score (nSPS) is 10.7. The Kier molecular flexibility index (Phi) is 4.28. The Labute approximate surface area is 135 Å². The topological polar surface area (TPSA) is 49.6 Å². The molecule has 0 atom stereocenters. The van der Waals surface area contributed by atoms with E-state index in [4.69, 9.17) is 0 Å². The van der Waals surface area contributed by atoms with Gasteiger partial charge in [-0.3, -0.25) is 0 Å². The maximum absolute atomic E-state index is 12.5. The quantitative estimate of drug-likeness (QED) is 0.799. The predicted octanol–water partition coefficient (Wildman–Crippen LogP) is 3.70. The summed E-state index contributed by atoms with van der Waals surface area (Å²) in [6.45, 7) is 5.09. The van der Waals surface area contributed by atoms with Gasteiger partial charge in [0.05, 0.1) is 18.4 Å². The van der Waals surface area contributed by atoms with Gasteiger partial charge < -0.3 is 14.6 Å². The molecular weight excluding hydrogens is 288 g/mol. The van der Waals surface area contributed by atoms with E-state index in [0.717, 1.165) is 22.6 Å². The maximum Gasteiger partial charge on any atom is 0.322 e. The lowest BCUT2D eigenvalue weighted by molar-refractivity contribution is 0.211. The van der Waals surface area contributed by atoms with Gasteiger partial charge >= 0.3 is 6.03 Å². The Morgan fingerprint density at radius 2 is 2.00 bits per heavy atom. The molecule has 0 aliphatic heterocycles. The molecule has 0 bridgehead atoms. The van der Waals surface area contributed by atoms with Crippen LogP contribution < -0.4 is 5.32 Å². The molecule has 0 spiro atoms. The molecule has 0 saturated heterocycles. The third-order valence-electron chi connectivity index (χ3n) is 3.90. The summed E-state index contributed by atoms with van der Waals surface area (Å²) < 4.78 is 2.00. The van der Waals surface area contributed by atoms with Crippen LogP contribution in [0.15, 0.2) is 54.9 Å². The Morgan fingerprint density at radius 1 is 1.22 bits per heavy atom. The van der Waals surface area contributed by atoms with Gasteiger partial charge in [-0.1, -0.05) is 24.3 Å². The number of fused-ring (bicyclic) bond motifs is 1. The van der Waals surface area contributed by atoms with Crippen molar-refractivity contribution in [3.63, 3.8) is 0 Å². The van der Waals surface area contributed by atoms with Crippen molar-refractivity contribution in [2.24, 2.45) is 0 Å². The van der Waals surface area contributed by atoms with E-state index in [2.05, 4.69) is 10.3 Å². The summed E-state index contributed by atoms with van der Waals surface area (Å²) in [5, 5.41) is 2.98. The third-order valence-corrected chi connectivity index (χ3v) is 3.90. The number of nitrogens with one attached hydrogen (secondary N) is 1. The Morgan fingerprint density at radius 3 is 2.78 bits per heavy atom. The first-order valence-electron chi connectivity index (χ1n) is 7.71. The van der Waals surface area contributed by atoms with Crippen molar-refractivity contribution in [2.75, 3.05) is 11.9 Å². The first-order chi connectivity index (χ1) is 11.2. The van der Waals surface area contributed by atoms with Gasteiger partial charge in [-0.25, -0.2) is 9.78 Å². The minimum absolute atomic E-state index is 0.104. The van der Waals surface area contributed by atoms with Crippen LogP contribution >= 0.6 is 0 Å². The third kappa shape index (κ3) is 3.18. The average Bonchev–Trinajstić information content (AvgIpc) is 2.97. The fraction of sp³-hybridized carbons (Fsp3) is 0.222. The van der Waals surface area contributed by atoms with Crippen LogP contribution in [0.4, 0.5) is 10.5 Å². The van der Waals surface area contributed by atoms with Crippen molar-refractivity contribution in [1.82, 2.24) is 14.3 Å². The number of urea groups is 1. The second kappa shape index (κ2) is 6.52. The number of imidazole rings is 1. The van der Waals surface area contributed by atoms with E-state index in [9.17, 15) is 4.79 Å². The highest BCUT2D eigenvalue weighted by molar-refractivity contribution is 5.90. The van der Waals surface area contributed by atoms with E-state index < -0.39 is 0 Å². The molecule has 5 heteroatoms. The number of benzene rings is 1. The van der Waals surface area contributed by atoms with E-state index in [1.54, 1.807) is 4.90 Å². The van der Waals surface area contributed by atoms with E-state index in [1.807, 2.05) is 73.1 Å². The minimum atomic E-state index is -0.104. The summed E-state index contributed by atoms with van der Waals surface area (Å²) in [4.78, 5) is 18.7. The number of para-hydroxylation sites is 1. The molecular formula is C18H20N4O. The smallest absolute Gasteiger partial charge is 0.319 e. The average molecular weight is 308 g/mol. The van der Waals surface area contributed by atoms with E-state index in [0.29, 0.717) is 13.1 Å². The summed E-state index contributed by atoms with van der Waals surface area (Å²) in [5.41, 5.74) is 3.76. The van der Waals surface area contributed by atoms with E-state index >= 15 is 0 Å². The molecule has 3 aromatic rings. The van der Waals surface area contributed by atoms with Crippen LogP contribution in [0, 0.1) is 6.92 Å². The Hall–Kier alpha value is -2.82. The van der Waals surface area contributed by atoms with Gasteiger partial charge in [-0.15, -0.1) is 0 Å². The highest BCUT2D eigenvalue weighted by atomic mass is 16.2. The van der Waals surface area contributed by atoms with Gasteiger partial charge in [0.25, 0.3) is 0 Å². The fourth-order valence-electron chi connectivity index (χ4n) is 2.53. The van der Waals surface area contributed by atoms with Gasteiger partial charge in [-0.05, 0) is 37.6 Å². The van der Waals surface area contributed by atoms with Crippen LogP contribution in [0.25, 0.3) is 5.65 Å². The van der Waals surface area contributed by atoms with Crippen molar-refractivity contribution in [3.8, 4) is 0 Å². The zero-order valence-electron chi connectivity index (χ0n) is 13.4. The lowest BCUT2D eigenvalue weighted by atomic mass is 10.2. The van der Waals surface area contributed by atoms with Crippen molar-refractivity contribution in [1.29, 1.82) is 0 Å². The number of pyridine rings is 1. The molecule has 0 radical (unpaired) electrons. The second-order valence-corrected chi connectivity index (χ2v) is 5.44. The van der Waals surface area contributed by atoms with Crippen molar-refractivity contribution in [3.05, 3.63) is 66.1 Å². The number of nitrogens with zero attached hydrogens (tertiary/aromatic N) is 3. The molecule has 0 aliphatic carbocycles. The number of carbonyl (C=O) groups is 1. The molecule has 5 nitrogen and oxygen atoms in total. The second-order valence-electron chi connectivity index (χ2n) is 5.44. The molecule has 0 aliphatic rings. The Balaban J connectivity index is 1.77. The number of carbonyl (C=O) groups excluding carboxylic acids is 1. The lowest BCUT2D eigenvalue weighted by Crippen LogP contribution is -2.34. The van der Waals surface area contributed by atoms with Gasteiger partial charge in [0.15, 0.2) is 0 Å². The van der Waals surface area contributed by atoms with Crippen LogP contribution in [0.2, 0.25) is 0 Å². The molecule has 0 unspecified atom stereocenters. The molecule has 1 aromatic carbocycles. The van der Waals surface area contributed by atoms with E-state index in [1.165, 1.54) is 0 Å². The van der Waals surface area contributed by atoms with Crippen LogP contribution in [0.1, 0.15) is 18.2 Å². The molecule has 118 valence electrons. The summed E-state index contributed by atoms with van der Waals surface area (Å²) in [6.07, 6.45) is 3.78. The number of aryl methyl sites for hydroxylation is 1. The highest BCUT2D eigenvalue weighted by Crippen LogP contribution is 2.15. The number of rotatable bonds is 4. The largest absolute Gasteiger partial charge is 0.322 e. The summed E-state index contributed by atoms with van der Waals surface area (Å²) >= 11 is 0. The monoisotopic (exact) mass is 308 g/mol. The minimum Gasteiger partial charge on any atom is -0.319 e. The molecule has 23 heavy (non-hydrogen) atoms. The van der Waals surface area contributed by atoms with Gasteiger partial charge in [-0.2, -0.15) is 0 Å². The summed E-state index contributed by atoms with van der Waals surface area (Å²) in [7, 11) is 0. The van der Waals surface area contributed by atoms with E-state index in [-0.39, 0.29) is 6.03 Å². The number of amides is 2. The molecule has 2 amide bonds. The summed E-state index contributed by atoms with van der Waals surface area (Å²) in [5.74, 6) is 0. The van der Waals surface area contributed by atoms with Crippen LogP contribution in [0.5, 0.6) is 0 Å². The van der Waals surface area contributed by atoms with Crippen LogP contribution in [0.3, 0.4) is 0 Å². The number of hydrogen-bond acceptors (Lipinski definition) is 2. The zero-order valence-corrected chi connectivity index (χ0v) is 13.4. The number of hydrogen-bond donors (Lipinski definition) is 1. The molecule has 0 saturated carbocycles. The van der Waals surface area contributed by atoms with Crippen LogP contribution in [-0.4, -0.2) is 26.9 Å². The molecule has 3 rings (SSSR count). The van der Waals surface area contributed by atoms with Gasteiger partial charge in [0, 0.05) is 18.4 Å². The van der Waals surface area contributed by atoms with Gasteiger partial charge in [0.1, 0.15) is 5.65 Å². The van der Waals surface area contributed by atoms with Crippen LogP contribution in [-0.2, 0) is 6.54 Å². The predicted molar refractivity (Wildman–Crippen MR) is 91.5 cm³/mol. The first-order valence-corrected chi connectivity index (χ1v) is 7.71. The number of aromatic nitrogens is 2. The highest BCUT2D eigenvalue weighted by Gasteiger charge is 2.15. The molecule has 2 aromatic heterocycles. The molecule has 0 fully saturated rings. The Bertz CT molecular complexity index is 825. The van der Waals surface area contributed by atoms with Crippen molar-refractivity contribution >= 4 is 17.4 Å². The van der Waals surface area contributed by atoms with Gasteiger partial charge in [0.2, 0.25) is 0 Å². The molecule has 1 N–H and O–H groups in total. The standard InChI is InChI=1S/C18H20N4O/c1-3-21(18(23)20-16-9-5-4-8-14(16)2)13-15-12-19-17-10-6-7-11-22(15)17/h4-12H,3,13H2,1-2H3,(H,20,23). The number of anilines is 1. The SMILES string of the molecule is CCN(Cc1cnc2ccccn12)C(=O)Nc1ccccc1C. The molecule has 2 heterocycles. The first kappa shape index (κ1) is 15.1. The summed E-state index contributed by atoms with van der Waals surface area (Å²) in [6, 6.07) is 13.5. The fourth-order valence-corrected chi connectivity index (χ4v) is 2.53. The van der Waals surface area contributed by atoms with Crippen molar-refractivity contribution < 1.29 is 4.79 Å². The van der Waals surface area contributed by atoms with Crippen molar-refractivity contribution in [2.45, 2.75) is 20.4 Å². The maximum atomic E-state index is 12.5.